The summed E-state index contributed by atoms with van der Waals surface area (Å²) in [6.07, 6.45) is 6.94. The van der Waals surface area contributed by atoms with E-state index in [0.29, 0.717) is 12.2 Å². The van der Waals surface area contributed by atoms with E-state index in [9.17, 15) is 9.18 Å². The third-order valence-electron chi connectivity index (χ3n) is 4.34. The van der Waals surface area contributed by atoms with Crippen LogP contribution in [0.2, 0.25) is 0 Å². The van der Waals surface area contributed by atoms with Crippen molar-refractivity contribution in [3.63, 3.8) is 0 Å². The predicted octanol–water partition coefficient (Wildman–Crippen LogP) is 4.21. The number of hydrogen-bond donors (Lipinski definition) is 2. The van der Waals surface area contributed by atoms with Crippen LogP contribution in [-0.2, 0) is 6.54 Å². The van der Waals surface area contributed by atoms with Crippen LogP contribution in [0.1, 0.15) is 16.1 Å². The van der Waals surface area contributed by atoms with Gasteiger partial charge in [0.15, 0.2) is 0 Å². The first kappa shape index (κ1) is 17.6. The fourth-order valence-electron chi connectivity index (χ4n) is 2.83. The summed E-state index contributed by atoms with van der Waals surface area (Å²) in [6, 6.07) is 15.5. The predicted molar refractivity (Wildman–Crippen MR) is 105 cm³/mol. The van der Waals surface area contributed by atoms with Gasteiger partial charge in [0.2, 0.25) is 0 Å². The second-order valence-electron chi connectivity index (χ2n) is 6.28. The highest BCUT2D eigenvalue weighted by molar-refractivity contribution is 5.93. The van der Waals surface area contributed by atoms with Crippen LogP contribution in [0, 0.1) is 5.82 Å². The van der Waals surface area contributed by atoms with E-state index >= 15 is 0 Å². The maximum Gasteiger partial charge on any atom is 0.267 e. The molecule has 5 nitrogen and oxygen atoms in total. The van der Waals surface area contributed by atoms with Crippen LogP contribution in [0.3, 0.4) is 0 Å². The molecule has 0 bridgehead atoms. The summed E-state index contributed by atoms with van der Waals surface area (Å²) >= 11 is 0. The molecule has 4 aromatic rings. The lowest BCUT2D eigenvalue weighted by atomic mass is 10.1. The zero-order valence-electron chi connectivity index (χ0n) is 14.9. The Hall–Kier alpha value is -3.80. The summed E-state index contributed by atoms with van der Waals surface area (Å²) in [4.78, 5) is 23.8. The largest absolute Gasteiger partial charge is 0.357 e. The molecule has 4 rings (SSSR count). The van der Waals surface area contributed by atoms with Gasteiger partial charge in [0.1, 0.15) is 11.5 Å². The summed E-state index contributed by atoms with van der Waals surface area (Å²) in [5.74, 6) is -0.509. The van der Waals surface area contributed by atoms with Gasteiger partial charge in [-0.15, -0.1) is 0 Å². The zero-order valence-corrected chi connectivity index (χ0v) is 14.9. The highest BCUT2D eigenvalue weighted by atomic mass is 19.1. The molecule has 3 aromatic heterocycles. The smallest absolute Gasteiger partial charge is 0.267 e. The third-order valence-corrected chi connectivity index (χ3v) is 4.34. The van der Waals surface area contributed by atoms with Crippen molar-refractivity contribution in [2.24, 2.45) is 0 Å². The highest BCUT2D eigenvalue weighted by Crippen LogP contribution is 2.20. The zero-order chi connectivity index (χ0) is 19.3. The van der Waals surface area contributed by atoms with Gasteiger partial charge in [0.05, 0.1) is 5.69 Å². The average molecular weight is 372 g/mol. The Morgan fingerprint density at radius 1 is 1.00 bits per heavy atom. The van der Waals surface area contributed by atoms with Gasteiger partial charge in [-0.25, -0.2) is 4.39 Å². The van der Waals surface area contributed by atoms with Gasteiger partial charge in [0, 0.05) is 36.9 Å². The van der Waals surface area contributed by atoms with Gasteiger partial charge in [0.25, 0.3) is 5.91 Å². The van der Waals surface area contributed by atoms with E-state index in [1.165, 1.54) is 12.1 Å². The molecule has 0 atom stereocenters. The molecule has 1 amide bonds. The van der Waals surface area contributed by atoms with Gasteiger partial charge < -0.3 is 10.3 Å². The molecule has 0 aliphatic rings. The Morgan fingerprint density at radius 2 is 1.86 bits per heavy atom. The molecule has 28 heavy (non-hydrogen) atoms. The molecular formula is C22H17FN4O. The number of nitrogens with one attached hydrogen (secondary N) is 2. The van der Waals surface area contributed by atoms with Crippen LogP contribution in [0.25, 0.3) is 22.4 Å². The first-order valence-electron chi connectivity index (χ1n) is 8.77. The molecule has 6 heteroatoms. The van der Waals surface area contributed by atoms with E-state index in [-0.39, 0.29) is 11.7 Å². The Labute approximate surface area is 161 Å². The lowest BCUT2D eigenvalue weighted by Crippen LogP contribution is -2.23. The summed E-state index contributed by atoms with van der Waals surface area (Å²) in [6.45, 7) is 0.365. The fourth-order valence-corrected chi connectivity index (χ4v) is 2.83. The number of benzene rings is 1. The molecule has 0 fully saturated rings. The number of carbonyl (C=O) groups excluding carboxylic acids is 1. The van der Waals surface area contributed by atoms with Crippen LogP contribution in [-0.4, -0.2) is 20.9 Å². The first-order chi connectivity index (χ1) is 13.7. The summed E-state index contributed by atoms with van der Waals surface area (Å²) < 4.78 is 13.0. The molecule has 0 aliphatic carbocycles. The second kappa shape index (κ2) is 7.84. The summed E-state index contributed by atoms with van der Waals surface area (Å²) in [7, 11) is 0. The molecule has 0 saturated carbocycles. The maximum absolute atomic E-state index is 13.0. The Morgan fingerprint density at radius 3 is 2.57 bits per heavy atom. The minimum Gasteiger partial charge on any atom is -0.357 e. The molecule has 0 unspecified atom stereocenters. The molecule has 0 saturated heterocycles. The van der Waals surface area contributed by atoms with Gasteiger partial charge in [-0.05, 0) is 53.1 Å². The SMILES string of the molecule is O=C(NCc1ccc(-c2cccnc2)nc1)c1cc(-c2ccc(F)cc2)c[nH]1. The van der Waals surface area contributed by atoms with Gasteiger partial charge in [-0.2, -0.15) is 0 Å². The molecule has 2 N–H and O–H groups in total. The van der Waals surface area contributed by atoms with Crippen LogP contribution in [0.4, 0.5) is 4.39 Å². The normalized spacial score (nSPS) is 10.6. The van der Waals surface area contributed by atoms with E-state index in [4.69, 9.17) is 0 Å². The van der Waals surface area contributed by atoms with Gasteiger partial charge in [-0.1, -0.05) is 18.2 Å². The number of rotatable bonds is 5. The number of halogens is 1. The van der Waals surface area contributed by atoms with Crippen molar-refractivity contribution in [3.8, 4) is 22.4 Å². The van der Waals surface area contributed by atoms with Crippen molar-refractivity contribution in [3.05, 3.63) is 96.5 Å². The van der Waals surface area contributed by atoms with E-state index in [1.807, 2.05) is 24.3 Å². The Balaban J connectivity index is 1.39. The quantitative estimate of drug-likeness (QED) is 0.551. The van der Waals surface area contributed by atoms with Crippen LogP contribution < -0.4 is 5.32 Å². The summed E-state index contributed by atoms with van der Waals surface area (Å²) in [5.41, 5.74) is 4.78. The van der Waals surface area contributed by atoms with Gasteiger partial charge >= 0.3 is 0 Å². The van der Waals surface area contributed by atoms with Crippen molar-refractivity contribution < 1.29 is 9.18 Å². The standard InChI is InChI=1S/C22H17FN4O/c23-19-6-4-16(5-7-19)18-10-21(26-14-18)22(28)27-12-15-3-8-20(25-11-15)17-2-1-9-24-13-17/h1-11,13-14,26H,12H2,(H,27,28). The number of amides is 1. The lowest BCUT2D eigenvalue weighted by Gasteiger charge is -2.05. The first-order valence-corrected chi connectivity index (χ1v) is 8.77. The maximum atomic E-state index is 13.0. The van der Waals surface area contributed by atoms with E-state index in [1.54, 1.807) is 43.0 Å². The number of aromatic amines is 1. The Bertz CT molecular complexity index is 1070. The van der Waals surface area contributed by atoms with Crippen LogP contribution >= 0.6 is 0 Å². The monoisotopic (exact) mass is 372 g/mol. The minimum atomic E-state index is -0.291. The van der Waals surface area contributed by atoms with E-state index < -0.39 is 0 Å². The van der Waals surface area contributed by atoms with E-state index in [0.717, 1.165) is 27.9 Å². The third kappa shape index (κ3) is 3.96. The second-order valence-corrected chi connectivity index (χ2v) is 6.28. The molecule has 138 valence electrons. The topological polar surface area (TPSA) is 70.7 Å². The number of pyridine rings is 2. The molecular weight excluding hydrogens is 355 g/mol. The minimum absolute atomic E-state index is 0.218. The number of aromatic nitrogens is 3. The van der Waals surface area contributed by atoms with Crippen molar-refractivity contribution in [2.45, 2.75) is 6.54 Å². The number of hydrogen-bond acceptors (Lipinski definition) is 3. The summed E-state index contributed by atoms with van der Waals surface area (Å²) in [5, 5.41) is 2.87. The average Bonchev–Trinajstić information content (AvgIpc) is 3.24. The van der Waals surface area contributed by atoms with Crippen molar-refractivity contribution in [1.82, 2.24) is 20.3 Å². The Kier molecular flexibility index (Phi) is 4.93. The van der Waals surface area contributed by atoms with Gasteiger partial charge in [-0.3, -0.25) is 14.8 Å². The highest BCUT2D eigenvalue weighted by Gasteiger charge is 2.10. The lowest BCUT2D eigenvalue weighted by molar-refractivity contribution is 0.0946. The van der Waals surface area contributed by atoms with Crippen LogP contribution in [0.5, 0.6) is 0 Å². The van der Waals surface area contributed by atoms with Crippen molar-refractivity contribution in [1.29, 1.82) is 0 Å². The van der Waals surface area contributed by atoms with E-state index in [2.05, 4.69) is 20.3 Å². The van der Waals surface area contributed by atoms with Crippen molar-refractivity contribution >= 4 is 5.91 Å². The molecule has 0 aliphatic heterocycles. The molecule has 0 radical (unpaired) electrons. The van der Waals surface area contributed by atoms with Crippen molar-refractivity contribution in [2.75, 3.05) is 0 Å². The molecule has 1 aromatic carbocycles. The molecule has 3 heterocycles. The molecule has 0 spiro atoms. The number of H-pyrrole nitrogens is 1. The number of carbonyl (C=O) groups is 1. The van der Waals surface area contributed by atoms with Crippen LogP contribution in [0.15, 0.2) is 79.4 Å². The number of nitrogens with zero attached hydrogens (tertiary/aromatic N) is 2. The fraction of sp³-hybridized carbons (Fsp3) is 0.0455.